The molecule has 0 saturated carbocycles. The second kappa shape index (κ2) is 9.35. The fraction of sp³-hybridized carbons (Fsp3) is 0.120. The van der Waals surface area contributed by atoms with Crippen LogP contribution in [0.15, 0.2) is 83.3 Å². The zero-order chi connectivity index (χ0) is 23.4. The minimum absolute atomic E-state index is 0.0502. The van der Waals surface area contributed by atoms with Gasteiger partial charge in [0.15, 0.2) is 0 Å². The van der Waals surface area contributed by atoms with Crippen molar-refractivity contribution in [1.82, 2.24) is 0 Å². The smallest absolute Gasteiger partial charge is 0.293 e. The quantitative estimate of drug-likeness (QED) is 0.280. The second-order valence-corrected chi connectivity index (χ2v) is 7.42. The Morgan fingerprint density at radius 3 is 2.27 bits per heavy atom. The normalized spacial score (nSPS) is 11.7. The molecule has 33 heavy (non-hydrogen) atoms. The molecule has 1 atom stereocenters. The maximum absolute atomic E-state index is 13.2. The van der Waals surface area contributed by atoms with Gasteiger partial charge in [0, 0.05) is 23.2 Å². The first-order valence-corrected chi connectivity index (χ1v) is 10.4. The number of carbonyl (C=O) groups is 2. The van der Waals surface area contributed by atoms with Gasteiger partial charge in [0.25, 0.3) is 11.6 Å². The predicted molar refractivity (Wildman–Crippen MR) is 125 cm³/mol. The fourth-order valence-electron chi connectivity index (χ4n) is 3.65. The largest absolute Gasteiger partial charge is 0.449 e. The van der Waals surface area contributed by atoms with Crippen molar-refractivity contribution in [3.8, 4) is 0 Å². The number of nitrogens with zero attached hydrogens (tertiary/aromatic N) is 1. The molecule has 3 aromatic carbocycles. The number of para-hydroxylation sites is 1. The molecule has 0 spiro atoms. The van der Waals surface area contributed by atoms with E-state index < -0.39 is 16.7 Å². The van der Waals surface area contributed by atoms with Crippen molar-refractivity contribution in [3.05, 3.63) is 100 Å². The molecule has 0 aliphatic heterocycles. The average molecular weight is 443 g/mol. The number of furan rings is 1. The highest BCUT2D eigenvalue weighted by molar-refractivity contribution is 6.15. The van der Waals surface area contributed by atoms with Crippen LogP contribution < -0.4 is 10.6 Å². The zero-order valence-corrected chi connectivity index (χ0v) is 17.8. The number of hydrogen-bond donors (Lipinski definition) is 2. The molecule has 4 rings (SSSR count). The summed E-state index contributed by atoms with van der Waals surface area (Å²) in [6.45, 7) is 1.92. The van der Waals surface area contributed by atoms with Crippen LogP contribution in [0.1, 0.15) is 35.4 Å². The molecule has 0 aliphatic carbocycles. The first-order valence-electron chi connectivity index (χ1n) is 10.4. The first-order chi connectivity index (χ1) is 16.0. The molecule has 2 N–H and O–H groups in total. The van der Waals surface area contributed by atoms with Crippen molar-refractivity contribution < 1.29 is 18.9 Å². The molecule has 2 amide bonds. The Morgan fingerprint density at radius 2 is 1.61 bits per heavy atom. The van der Waals surface area contributed by atoms with E-state index in [4.69, 9.17) is 4.42 Å². The average Bonchev–Trinajstić information content (AvgIpc) is 3.19. The SMILES string of the molecule is CC[C@@H](C(=O)Nc1c(C(=O)Nc2ccc([N+](=O)[O-])cc2)oc2ccccc12)c1ccccc1. The van der Waals surface area contributed by atoms with Gasteiger partial charge in [0.05, 0.1) is 10.8 Å². The maximum atomic E-state index is 13.2. The highest BCUT2D eigenvalue weighted by Crippen LogP contribution is 2.33. The van der Waals surface area contributed by atoms with E-state index in [0.717, 1.165) is 5.56 Å². The van der Waals surface area contributed by atoms with E-state index in [1.54, 1.807) is 24.3 Å². The number of fused-ring (bicyclic) bond motifs is 1. The number of amides is 2. The highest BCUT2D eigenvalue weighted by atomic mass is 16.6. The van der Waals surface area contributed by atoms with Crippen LogP contribution in [0.2, 0.25) is 0 Å². The van der Waals surface area contributed by atoms with Crippen LogP contribution in [0.5, 0.6) is 0 Å². The summed E-state index contributed by atoms with van der Waals surface area (Å²) < 4.78 is 5.78. The zero-order valence-electron chi connectivity index (χ0n) is 17.8. The van der Waals surface area contributed by atoms with Crippen LogP contribution in [0.3, 0.4) is 0 Å². The number of anilines is 2. The van der Waals surface area contributed by atoms with E-state index in [2.05, 4.69) is 10.6 Å². The molecule has 0 fully saturated rings. The third-order valence-electron chi connectivity index (χ3n) is 5.31. The lowest BCUT2D eigenvalue weighted by atomic mass is 9.95. The maximum Gasteiger partial charge on any atom is 0.293 e. The van der Waals surface area contributed by atoms with Gasteiger partial charge in [-0.1, -0.05) is 49.4 Å². The lowest BCUT2D eigenvalue weighted by molar-refractivity contribution is -0.384. The molecule has 166 valence electrons. The molecule has 1 aromatic heterocycles. The van der Waals surface area contributed by atoms with E-state index in [9.17, 15) is 19.7 Å². The molecule has 0 aliphatic rings. The summed E-state index contributed by atoms with van der Waals surface area (Å²) >= 11 is 0. The third kappa shape index (κ3) is 4.59. The van der Waals surface area contributed by atoms with Crippen LogP contribution in [-0.4, -0.2) is 16.7 Å². The third-order valence-corrected chi connectivity index (χ3v) is 5.31. The second-order valence-electron chi connectivity index (χ2n) is 7.42. The number of carbonyl (C=O) groups excluding carboxylic acids is 2. The number of benzene rings is 3. The van der Waals surface area contributed by atoms with Crippen LogP contribution in [0, 0.1) is 10.1 Å². The molecule has 0 bridgehead atoms. The summed E-state index contributed by atoms with van der Waals surface area (Å²) in [5.41, 5.74) is 1.89. The van der Waals surface area contributed by atoms with Gasteiger partial charge < -0.3 is 15.1 Å². The summed E-state index contributed by atoms with van der Waals surface area (Å²) in [7, 11) is 0. The minimum atomic E-state index is -0.580. The summed E-state index contributed by atoms with van der Waals surface area (Å²) in [5.74, 6) is -1.28. The standard InChI is InChI=1S/C25H21N3O5/c1-2-19(16-8-4-3-5-9-16)24(29)27-22-20-10-6-7-11-21(20)33-23(22)25(30)26-17-12-14-18(15-13-17)28(31)32/h3-15,19H,2H2,1H3,(H,26,30)(H,27,29)/t19-/m1/s1. The molecule has 8 nitrogen and oxygen atoms in total. The molecule has 8 heteroatoms. The van der Waals surface area contributed by atoms with Gasteiger partial charge in [0.1, 0.15) is 11.3 Å². The number of nitro benzene ring substituents is 1. The van der Waals surface area contributed by atoms with Crippen LogP contribution in [0.4, 0.5) is 17.1 Å². The van der Waals surface area contributed by atoms with Gasteiger partial charge in [-0.05, 0) is 36.2 Å². The number of nitrogens with one attached hydrogen (secondary N) is 2. The lowest BCUT2D eigenvalue weighted by Crippen LogP contribution is -2.22. The van der Waals surface area contributed by atoms with Crippen molar-refractivity contribution in [2.24, 2.45) is 0 Å². The van der Waals surface area contributed by atoms with Crippen molar-refractivity contribution in [2.45, 2.75) is 19.3 Å². The van der Waals surface area contributed by atoms with Gasteiger partial charge in [0.2, 0.25) is 11.7 Å². The molecule has 0 unspecified atom stereocenters. The molecule has 4 aromatic rings. The molecular formula is C25H21N3O5. The van der Waals surface area contributed by atoms with Gasteiger partial charge in [-0.25, -0.2) is 0 Å². The Balaban J connectivity index is 1.64. The van der Waals surface area contributed by atoms with E-state index >= 15 is 0 Å². The van der Waals surface area contributed by atoms with Crippen LogP contribution >= 0.6 is 0 Å². The molecule has 0 saturated heterocycles. The summed E-state index contributed by atoms with van der Waals surface area (Å²) in [4.78, 5) is 36.5. The number of non-ortho nitro benzene ring substituents is 1. The van der Waals surface area contributed by atoms with E-state index in [1.807, 2.05) is 37.3 Å². The first kappa shape index (κ1) is 21.8. The minimum Gasteiger partial charge on any atom is -0.449 e. The van der Waals surface area contributed by atoms with E-state index in [-0.39, 0.29) is 23.0 Å². The monoisotopic (exact) mass is 443 g/mol. The molecular weight excluding hydrogens is 422 g/mol. The topological polar surface area (TPSA) is 114 Å². The van der Waals surface area contributed by atoms with Crippen LogP contribution in [-0.2, 0) is 4.79 Å². The number of hydrogen-bond acceptors (Lipinski definition) is 5. The Morgan fingerprint density at radius 1 is 0.939 bits per heavy atom. The molecule has 0 radical (unpaired) electrons. The van der Waals surface area contributed by atoms with Crippen molar-refractivity contribution >= 4 is 39.8 Å². The summed E-state index contributed by atoms with van der Waals surface area (Å²) in [5, 5.41) is 17.0. The van der Waals surface area contributed by atoms with Crippen LogP contribution in [0.25, 0.3) is 11.0 Å². The van der Waals surface area contributed by atoms with Gasteiger partial charge in [-0.15, -0.1) is 0 Å². The van der Waals surface area contributed by atoms with E-state index in [0.29, 0.717) is 23.1 Å². The van der Waals surface area contributed by atoms with Crippen molar-refractivity contribution in [3.63, 3.8) is 0 Å². The Labute approximate surface area is 189 Å². The van der Waals surface area contributed by atoms with Gasteiger partial charge in [-0.3, -0.25) is 19.7 Å². The Bertz CT molecular complexity index is 1310. The van der Waals surface area contributed by atoms with Crippen molar-refractivity contribution in [1.29, 1.82) is 0 Å². The highest BCUT2D eigenvalue weighted by Gasteiger charge is 2.26. The summed E-state index contributed by atoms with van der Waals surface area (Å²) in [6.07, 6.45) is 0.579. The number of rotatable bonds is 7. The lowest BCUT2D eigenvalue weighted by Gasteiger charge is -2.15. The summed E-state index contributed by atoms with van der Waals surface area (Å²) in [6, 6.07) is 21.9. The fourth-order valence-corrected chi connectivity index (χ4v) is 3.65. The van der Waals surface area contributed by atoms with E-state index in [1.165, 1.54) is 24.3 Å². The van der Waals surface area contributed by atoms with Gasteiger partial charge >= 0.3 is 0 Å². The Hall–Kier alpha value is -4.46. The number of nitro groups is 1. The van der Waals surface area contributed by atoms with Crippen molar-refractivity contribution in [2.75, 3.05) is 10.6 Å². The Kier molecular flexibility index (Phi) is 6.17. The van der Waals surface area contributed by atoms with Gasteiger partial charge in [-0.2, -0.15) is 0 Å². The predicted octanol–water partition coefficient (Wildman–Crippen LogP) is 5.73. The molecule has 1 heterocycles.